The van der Waals surface area contributed by atoms with Crippen LogP contribution in [0.3, 0.4) is 0 Å². The van der Waals surface area contributed by atoms with E-state index in [-0.39, 0.29) is 5.54 Å². The van der Waals surface area contributed by atoms with Crippen molar-refractivity contribution in [3.8, 4) is 22.4 Å². The molecule has 26 heavy (non-hydrogen) atoms. The van der Waals surface area contributed by atoms with Crippen molar-refractivity contribution in [3.63, 3.8) is 0 Å². The van der Waals surface area contributed by atoms with Crippen LogP contribution in [0.4, 0.5) is 5.82 Å². The van der Waals surface area contributed by atoms with Crippen molar-refractivity contribution in [2.24, 2.45) is 0 Å². The van der Waals surface area contributed by atoms with Crippen LogP contribution in [0.15, 0.2) is 47.3 Å². The molecule has 0 radical (unpaired) electrons. The Labute approximate surface area is 160 Å². The summed E-state index contributed by atoms with van der Waals surface area (Å²) in [6, 6.07) is 10.1. The summed E-state index contributed by atoms with van der Waals surface area (Å²) < 4.78 is 1.83. The predicted octanol–water partition coefficient (Wildman–Crippen LogP) is 5.13. The highest BCUT2D eigenvalue weighted by atomic mass is 32.1. The molecule has 0 fully saturated rings. The molecular weight excluding hydrogens is 360 g/mol. The molecule has 0 amide bonds. The van der Waals surface area contributed by atoms with Crippen LogP contribution in [0.1, 0.15) is 31.2 Å². The molecule has 0 atom stereocenters. The van der Waals surface area contributed by atoms with Gasteiger partial charge in [0.25, 0.3) is 0 Å². The molecule has 130 valence electrons. The lowest BCUT2D eigenvalue weighted by atomic mass is 10.1. The first-order valence-electron chi connectivity index (χ1n) is 8.25. The fourth-order valence-electron chi connectivity index (χ4n) is 2.52. The minimum absolute atomic E-state index is 0.0654. The predicted molar refractivity (Wildman–Crippen MR) is 110 cm³/mol. The lowest BCUT2D eigenvalue weighted by Gasteiger charge is -2.22. The summed E-state index contributed by atoms with van der Waals surface area (Å²) in [6.07, 6.45) is 1.77. The van der Waals surface area contributed by atoms with E-state index >= 15 is 0 Å². The molecule has 0 saturated carbocycles. The van der Waals surface area contributed by atoms with E-state index < -0.39 is 0 Å². The number of aromatic nitrogens is 3. The van der Waals surface area contributed by atoms with E-state index in [1.807, 2.05) is 28.1 Å². The first-order chi connectivity index (χ1) is 12.5. The molecule has 4 aromatic rings. The summed E-state index contributed by atoms with van der Waals surface area (Å²) in [5, 5.41) is 12.0. The largest absolute Gasteiger partial charge is 0.365 e. The third kappa shape index (κ3) is 3.64. The third-order valence-corrected chi connectivity index (χ3v) is 5.28. The Balaban J connectivity index is 1.71. The first-order valence-corrected chi connectivity index (χ1v) is 10.0. The zero-order valence-electron chi connectivity index (χ0n) is 14.8. The maximum atomic E-state index is 4.74. The molecule has 0 unspecified atom stereocenters. The van der Waals surface area contributed by atoms with E-state index in [4.69, 9.17) is 4.98 Å². The molecule has 6 heteroatoms. The Morgan fingerprint density at radius 2 is 2.00 bits per heavy atom. The Morgan fingerprint density at radius 1 is 1.12 bits per heavy atom. The van der Waals surface area contributed by atoms with Crippen LogP contribution in [0.25, 0.3) is 16.2 Å². The summed E-state index contributed by atoms with van der Waals surface area (Å²) >= 11 is 3.32. The van der Waals surface area contributed by atoms with Crippen LogP contribution in [-0.4, -0.2) is 20.1 Å². The van der Waals surface area contributed by atoms with Crippen molar-refractivity contribution in [2.75, 3.05) is 5.32 Å². The monoisotopic (exact) mass is 378 g/mol. The average molecular weight is 379 g/mol. The van der Waals surface area contributed by atoms with Gasteiger partial charge in [0, 0.05) is 28.6 Å². The van der Waals surface area contributed by atoms with Gasteiger partial charge in [-0.15, -0.1) is 11.3 Å². The molecule has 0 spiro atoms. The van der Waals surface area contributed by atoms with E-state index in [0.29, 0.717) is 0 Å². The molecule has 0 bridgehead atoms. The summed E-state index contributed by atoms with van der Waals surface area (Å²) in [7, 11) is 0. The number of nitrogens with one attached hydrogen (secondary N) is 1. The van der Waals surface area contributed by atoms with Gasteiger partial charge in [0.15, 0.2) is 5.65 Å². The van der Waals surface area contributed by atoms with E-state index in [0.717, 1.165) is 32.5 Å². The van der Waals surface area contributed by atoms with Crippen LogP contribution < -0.4 is 5.32 Å². The molecule has 0 saturated heterocycles. The topological polar surface area (TPSA) is 42.2 Å². The van der Waals surface area contributed by atoms with Crippen LogP contribution in [0.2, 0.25) is 0 Å². The lowest BCUT2D eigenvalue weighted by Crippen LogP contribution is -2.27. The molecule has 4 nitrogen and oxygen atoms in total. The van der Waals surface area contributed by atoms with Crippen LogP contribution in [-0.2, 0) is 0 Å². The number of nitrogens with zero attached hydrogens (tertiary/aromatic N) is 3. The molecule has 0 aliphatic carbocycles. The van der Waals surface area contributed by atoms with Crippen molar-refractivity contribution in [2.45, 2.75) is 26.3 Å². The Bertz CT molecular complexity index is 1100. The Hall–Kier alpha value is -2.62. The zero-order valence-corrected chi connectivity index (χ0v) is 16.4. The van der Waals surface area contributed by atoms with Crippen LogP contribution >= 0.6 is 22.7 Å². The van der Waals surface area contributed by atoms with Gasteiger partial charge < -0.3 is 5.32 Å². The van der Waals surface area contributed by atoms with Gasteiger partial charge in [-0.05, 0) is 44.4 Å². The second kappa shape index (κ2) is 6.60. The Morgan fingerprint density at radius 3 is 2.77 bits per heavy atom. The van der Waals surface area contributed by atoms with Crippen molar-refractivity contribution in [1.29, 1.82) is 0 Å². The number of anilines is 1. The van der Waals surface area contributed by atoms with Gasteiger partial charge in [-0.3, -0.25) is 0 Å². The van der Waals surface area contributed by atoms with E-state index in [1.54, 1.807) is 28.9 Å². The average Bonchev–Trinajstić information content (AvgIpc) is 3.32. The molecular formula is C20H18N4S2. The van der Waals surface area contributed by atoms with Crippen LogP contribution in [0.5, 0.6) is 0 Å². The van der Waals surface area contributed by atoms with Gasteiger partial charge in [-0.1, -0.05) is 11.8 Å². The van der Waals surface area contributed by atoms with Crippen molar-refractivity contribution < 1.29 is 0 Å². The maximum absolute atomic E-state index is 4.74. The number of fused-ring (bicyclic) bond motifs is 1. The lowest BCUT2D eigenvalue weighted by molar-refractivity contribution is 0.625. The van der Waals surface area contributed by atoms with Gasteiger partial charge >= 0.3 is 0 Å². The SMILES string of the molecule is CC(C)(C)Nc1cc(-c2ccc(C#Cc3ccsc3)s2)nc2ccnn12. The molecule has 1 N–H and O–H groups in total. The van der Waals surface area contributed by atoms with E-state index in [2.05, 4.69) is 60.5 Å². The van der Waals surface area contributed by atoms with Crippen molar-refractivity contribution >= 4 is 34.1 Å². The van der Waals surface area contributed by atoms with Gasteiger partial charge in [0.1, 0.15) is 5.82 Å². The highest BCUT2D eigenvalue weighted by Crippen LogP contribution is 2.29. The molecule has 4 aromatic heterocycles. The first kappa shape index (κ1) is 16.8. The smallest absolute Gasteiger partial charge is 0.158 e. The Kier molecular flexibility index (Phi) is 4.27. The van der Waals surface area contributed by atoms with Gasteiger partial charge in [0.2, 0.25) is 0 Å². The number of hydrogen-bond acceptors (Lipinski definition) is 5. The normalized spacial score (nSPS) is 11.3. The maximum Gasteiger partial charge on any atom is 0.158 e. The number of hydrogen-bond donors (Lipinski definition) is 1. The van der Waals surface area contributed by atoms with E-state index in [1.165, 1.54) is 0 Å². The van der Waals surface area contributed by atoms with Gasteiger partial charge in [-0.2, -0.15) is 21.0 Å². The second-order valence-electron chi connectivity index (χ2n) is 6.93. The molecule has 0 aromatic carbocycles. The minimum Gasteiger partial charge on any atom is -0.365 e. The van der Waals surface area contributed by atoms with Crippen LogP contribution in [0, 0.1) is 11.8 Å². The molecule has 4 rings (SSSR count). The highest BCUT2D eigenvalue weighted by molar-refractivity contribution is 7.16. The number of thiophene rings is 2. The van der Waals surface area contributed by atoms with E-state index in [9.17, 15) is 0 Å². The summed E-state index contributed by atoms with van der Waals surface area (Å²) in [4.78, 5) is 6.88. The third-order valence-electron chi connectivity index (χ3n) is 3.57. The fraction of sp³-hybridized carbons (Fsp3) is 0.200. The summed E-state index contributed by atoms with van der Waals surface area (Å²) in [6.45, 7) is 6.39. The molecule has 0 aliphatic heterocycles. The summed E-state index contributed by atoms with van der Waals surface area (Å²) in [5.41, 5.74) is 2.75. The number of rotatable bonds is 2. The fourth-order valence-corrected chi connectivity index (χ4v) is 3.93. The van der Waals surface area contributed by atoms with Crippen molar-refractivity contribution in [3.05, 3.63) is 57.7 Å². The second-order valence-corrected chi connectivity index (χ2v) is 8.79. The van der Waals surface area contributed by atoms with Gasteiger partial charge in [-0.25, -0.2) is 4.98 Å². The standard InChI is InChI=1S/C20H18N4S2/c1-20(2,3)23-19-12-16(22-18-8-10-21-24(18)19)17-7-6-15(26-17)5-4-14-9-11-25-13-14/h6-13,23H,1-3H3. The van der Waals surface area contributed by atoms with Gasteiger partial charge in [0.05, 0.1) is 21.6 Å². The highest BCUT2D eigenvalue weighted by Gasteiger charge is 2.15. The summed E-state index contributed by atoms with van der Waals surface area (Å²) in [5.74, 6) is 7.37. The quantitative estimate of drug-likeness (QED) is 0.492. The zero-order chi connectivity index (χ0) is 18.1. The minimum atomic E-state index is -0.0654. The molecule has 4 heterocycles. The molecule has 0 aliphatic rings. The van der Waals surface area contributed by atoms with Crippen molar-refractivity contribution in [1.82, 2.24) is 14.6 Å².